The first kappa shape index (κ1) is 10.8. The Labute approximate surface area is 84.1 Å². The number of aliphatic carboxylic acids is 1. The molecule has 14 heavy (non-hydrogen) atoms. The predicted octanol–water partition coefficient (Wildman–Crippen LogP) is 2.35. The van der Waals surface area contributed by atoms with E-state index in [4.69, 9.17) is 9.84 Å². The zero-order valence-corrected chi connectivity index (χ0v) is 8.62. The van der Waals surface area contributed by atoms with Crippen molar-refractivity contribution in [1.29, 1.82) is 0 Å². The lowest BCUT2D eigenvalue weighted by Crippen LogP contribution is -2.11. The summed E-state index contributed by atoms with van der Waals surface area (Å²) in [4.78, 5) is 10.7. The van der Waals surface area contributed by atoms with Gasteiger partial charge in [0.2, 0.25) is 0 Å². The van der Waals surface area contributed by atoms with Crippen LogP contribution in [0.5, 0.6) is 0 Å². The van der Waals surface area contributed by atoms with Gasteiger partial charge in [-0.05, 0) is 31.4 Å². The Bertz CT molecular complexity index is 276. The number of hydrogen-bond acceptors (Lipinski definition) is 2. The Kier molecular flexibility index (Phi) is 3.74. The van der Waals surface area contributed by atoms with Gasteiger partial charge in [0.1, 0.15) is 5.76 Å². The van der Waals surface area contributed by atoms with E-state index in [1.165, 1.54) is 5.57 Å². The molecule has 0 heterocycles. The first-order valence-corrected chi connectivity index (χ1v) is 4.80. The van der Waals surface area contributed by atoms with Crippen LogP contribution in [0.2, 0.25) is 0 Å². The fourth-order valence-electron chi connectivity index (χ4n) is 1.52. The number of allylic oxidation sites excluding steroid dienone is 3. The van der Waals surface area contributed by atoms with E-state index in [2.05, 4.69) is 0 Å². The van der Waals surface area contributed by atoms with Crippen molar-refractivity contribution in [2.24, 2.45) is 5.92 Å². The van der Waals surface area contributed by atoms with Gasteiger partial charge in [0.15, 0.2) is 0 Å². The molecule has 0 fully saturated rings. The van der Waals surface area contributed by atoms with Crippen LogP contribution in [-0.4, -0.2) is 18.2 Å². The van der Waals surface area contributed by atoms with Crippen LogP contribution in [0.3, 0.4) is 0 Å². The van der Waals surface area contributed by atoms with Crippen LogP contribution in [0.1, 0.15) is 26.2 Å². The van der Waals surface area contributed by atoms with E-state index in [1.54, 1.807) is 14.0 Å². The van der Waals surface area contributed by atoms with Gasteiger partial charge < -0.3 is 9.84 Å². The molecule has 1 aliphatic carbocycles. The maximum Gasteiger partial charge on any atom is 0.306 e. The third kappa shape index (κ3) is 2.91. The highest BCUT2D eigenvalue weighted by molar-refractivity contribution is 5.69. The number of carboxylic acid groups (broad SMARTS) is 1. The summed E-state index contributed by atoms with van der Waals surface area (Å²) < 4.78 is 5.10. The summed E-state index contributed by atoms with van der Waals surface area (Å²) in [7, 11) is 1.63. The van der Waals surface area contributed by atoms with Crippen LogP contribution < -0.4 is 0 Å². The highest BCUT2D eigenvalue weighted by Crippen LogP contribution is 2.23. The van der Waals surface area contributed by atoms with E-state index in [-0.39, 0.29) is 5.92 Å². The van der Waals surface area contributed by atoms with Gasteiger partial charge in [-0.25, -0.2) is 0 Å². The summed E-state index contributed by atoms with van der Waals surface area (Å²) in [5, 5.41) is 8.76. The van der Waals surface area contributed by atoms with Crippen molar-refractivity contribution in [2.45, 2.75) is 26.2 Å². The molecule has 0 aromatic heterocycles. The van der Waals surface area contributed by atoms with Crippen LogP contribution in [0, 0.1) is 5.92 Å². The third-order valence-electron chi connectivity index (χ3n) is 2.38. The Balaban J connectivity index is 2.57. The SMILES string of the molecule is COC1=CCCC(C[C@H](C)C(=O)O)=C1. The van der Waals surface area contributed by atoms with Gasteiger partial charge in [0.05, 0.1) is 13.0 Å². The molecule has 1 atom stereocenters. The average molecular weight is 196 g/mol. The molecule has 0 aliphatic heterocycles. The molecule has 0 amide bonds. The lowest BCUT2D eigenvalue weighted by atomic mass is 9.94. The fraction of sp³-hybridized carbons (Fsp3) is 0.545. The molecule has 0 aromatic carbocycles. The van der Waals surface area contributed by atoms with Crippen molar-refractivity contribution in [3.05, 3.63) is 23.5 Å². The summed E-state index contributed by atoms with van der Waals surface area (Å²) in [6, 6.07) is 0. The van der Waals surface area contributed by atoms with Gasteiger partial charge in [-0.1, -0.05) is 12.5 Å². The van der Waals surface area contributed by atoms with Gasteiger partial charge >= 0.3 is 5.97 Å². The molecular formula is C11H16O3. The van der Waals surface area contributed by atoms with Crippen LogP contribution in [0.15, 0.2) is 23.5 Å². The van der Waals surface area contributed by atoms with Crippen LogP contribution >= 0.6 is 0 Å². The Morgan fingerprint density at radius 2 is 2.43 bits per heavy atom. The first-order valence-electron chi connectivity index (χ1n) is 4.80. The zero-order chi connectivity index (χ0) is 10.6. The summed E-state index contributed by atoms with van der Waals surface area (Å²) in [5.74, 6) is -0.194. The molecule has 0 spiro atoms. The van der Waals surface area contributed by atoms with Crippen molar-refractivity contribution < 1.29 is 14.6 Å². The first-order chi connectivity index (χ1) is 6.63. The second-order valence-corrected chi connectivity index (χ2v) is 3.60. The van der Waals surface area contributed by atoms with E-state index in [1.807, 2.05) is 12.2 Å². The molecule has 0 unspecified atom stereocenters. The molecule has 0 radical (unpaired) electrons. The minimum Gasteiger partial charge on any atom is -0.497 e. The summed E-state index contributed by atoms with van der Waals surface area (Å²) >= 11 is 0. The molecule has 1 rings (SSSR count). The molecule has 1 N–H and O–H groups in total. The number of ether oxygens (including phenoxy) is 1. The minimum absolute atomic E-state index is 0.308. The molecule has 1 aliphatic rings. The Morgan fingerprint density at radius 1 is 1.71 bits per heavy atom. The largest absolute Gasteiger partial charge is 0.497 e. The maximum atomic E-state index is 10.7. The highest BCUT2D eigenvalue weighted by atomic mass is 16.5. The van der Waals surface area contributed by atoms with Gasteiger partial charge in [-0.15, -0.1) is 0 Å². The van der Waals surface area contributed by atoms with Crippen molar-refractivity contribution in [2.75, 3.05) is 7.11 Å². The summed E-state index contributed by atoms with van der Waals surface area (Å²) in [6.07, 6.45) is 6.49. The fourth-order valence-corrected chi connectivity index (χ4v) is 1.52. The van der Waals surface area contributed by atoms with Gasteiger partial charge in [-0.2, -0.15) is 0 Å². The van der Waals surface area contributed by atoms with E-state index in [0.29, 0.717) is 6.42 Å². The molecule has 0 aromatic rings. The molecule has 0 saturated heterocycles. The number of hydrogen-bond donors (Lipinski definition) is 1. The zero-order valence-electron chi connectivity index (χ0n) is 8.62. The monoisotopic (exact) mass is 196 g/mol. The topological polar surface area (TPSA) is 46.5 Å². The summed E-state index contributed by atoms with van der Waals surface area (Å²) in [6.45, 7) is 1.73. The quantitative estimate of drug-likeness (QED) is 0.750. The molecule has 0 saturated carbocycles. The van der Waals surface area contributed by atoms with Crippen molar-refractivity contribution >= 4 is 5.97 Å². The van der Waals surface area contributed by atoms with Crippen molar-refractivity contribution in [3.63, 3.8) is 0 Å². The Morgan fingerprint density at radius 3 is 3.00 bits per heavy atom. The van der Waals surface area contributed by atoms with Crippen molar-refractivity contribution in [3.8, 4) is 0 Å². The van der Waals surface area contributed by atoms with Crippen LogP contribution in [0.4, 0.5) is 0 Å². The maximum absolute atomic E-state index is 10.7. The van der Waals surface area contributed by atoms with Crippen LogP contribution in [0.25, 0.3) is 0 Å². The number of carbonyl (C=O) groups is 1. The number of carboxylic acids is 1. The molecule has 78 valence electrons. The van der Waals surface area contributed by atoms with Gasteiger partial charge in [-0.3, -0.25) is 4.79 Å². The van der Waals surface area contributed by atoms with E-state index in [0.717, 1.165) is 18.6 Å². The normalized spacial score (nSPS) is 18.1. The van der Waals surface area contributed by atoms with Crippen LogP contribution in [-0.2, 0) is 9.53 Å². The molecule has 3 nitrogen and oxygen atoms in total. The molecule has 0 bridgehead atoms. The summed E-state index contributed by atoms with van der Waals surface area (Å²) in [5.41, 5.74) is 1.17. The van der Waals surface area contributed by atoms with Crippen molar-refractivity contribution in [1.82, 2.24) is 0 Å². The smallest absolute Gasteiger partial charge is 0.306 e. The standard InChI is InChI=1S/C11H16O3/c1-8(11(12)13)6-9-4-3-5-10(7-9)14-2/h5,7-8H,3-4,6H2,1-2H3,(H,12,13)/t8-/m0/s1. The second-order valence-electron chi connectivity index (χ2n) is 3.60. The number of rotatable bonds is 4. The third-order valence-corrected chi connectivity index (χ3v) is 2.38. The minimum atomic E-state index is -0.737. The number of methoxy groups -OCH3 is 1. The lowest BCUT2D eigenvalue weighted by Gasteiger charge is -2.14. The van der Waals surface area contributed by atoms with Gasteiger partial charge in [0, 0.05) is 0 Å². The predicted molar refractivity (Wildman–Crippen MR) is 53.8 cm³/mol. The highest BCUT2D eigenvalue weighted by Gasteiger charge is 2.14. The lowest BCUT2D eigenvalue weighted by molar-refractivity contribution is -0.141. The van der Waals surface area contributed by atoms with E-state index < -0.39 is 5.97 Å². The average Bonchev–Trinajstić information content (AvgIpc) is 2.18. The second kappa shape index (κ2) is 4.84. The van der Waals surface area contributed by atoms with Gasteiger partial charge in [0.25, 0.3) is 0 Å². The van der Waals surface area contributed by atoms with E-state index in [9.17, 15) is 4.79 Å². The molecular weight excluding hydrogens is 180 g/mol. The molecule has 3 heteroatoms. The Hall–Kier alpha value is -1.25. The van der Waals surface area contributed by atoms with E-state index >= 15 is 0 Å².